The van der Waals surface area contributed by atoms with Gasteiger partial charge in [0.2, 0.25) is 0 Å². The monoisotopic (exact) mass is 528 g/mol. The Morgan fingerprint density at radius 1 is 0.892 bits per heavy atom. The third-order valence-electron chi connectivity index (χ3n) is 5.86. The smallest absolute Gasteiger partial charge is 0.351 e. The summed E-state index contributed by atoms with van der Waals surface area (Å²) in [5.74, 6) is -0.0870. The number of nitrogens with two attached hydrogens (primary N) is 2. The van der Waals surface area contributed by atoms with Crippen LogP contribution in [0.5, 0.6) is 0 Å². The fourth-order valence-electron chi connectivity index (χ4n) is 3.94. The molecule has 0 saturated carbocycles. The fraction of sp³-hybridized carbons (Fsp3) is 0.526. The van der Waals surface area contributed by atoms with Crippen LogP contribution in [-0.2, 0) is 9.47 Å². The van der Waals surface area contributed by atoms with E-state index in [-0.39, 0.29) is 22.8 Å². The quantitative estimate of drug-likeness (QED) is 0.148. The van der Waals surface area contributed by atoms with Crippen LogP contribution in [0.25, 0.3) is 11.2 Å². The molecule has 3 aromatic heterocycles. The molecule has 2 saturated heterocycles. The molecule has 37 heavy (non-hydrogen) atoms. The van der Waals surface area contributed by atoms with E-state index in [1.807, 2.05) is 0 Å². The van der Waals surface area contributed by atoms with Crippen molar-refractivity contribution in [3.8, 4) is 0 Å². The van der Waals surface area contributed by atoms with E-state index < -0.39 is 74.1 Å². The average Bonchev–Trinajstić information content (AvgIpc) is 3.49. The van der Waals surface area contributed by atoms with E-state index in [2.05, 4.69) is 19.9 Å². The van der Waals surface area contributed by atoms with Gasteiger partial charge < -0.3 is 51.6 Å². The average molecular weight is 528 g/mol. The van der Waals surface area contributed by atoms with E-state index in [9.17, 15) is 29.6 Å². The summed E-state index contributed by atoms with van der Waals surface area (Å²) >= 11 is 0. The van der Waals surface area contributed by atoms with Crippen LogP contribution in [0, 0.1) is 6.08 Å². The summed E-state index contributed by atoms with van der Waals surface area (Å²) in [7, 11) is 0. The number of anilines is 2. The Hall–Kier alpha value is -3.36. The molecule has 2 aliphatic heterocycles. The molecule has 0 aliphatic carbocycles. The lowest BCUT2D eigenvalue weighted by Crippen LogP contribution is -2.36. The zero-order valence-electron chi connectivity index (χ0n) is 18.9. The van der Waals surface area contributed by atoms with Crippen molar-refractivity contribution in [1.82, 2.24) is 29.1 Å². The van der Waals surface area contributed by atoms with E-state index in [4.69, 9.17) is 31.2 Å². The summed E-state index contributed by atoms with van der Waals surface area (Å²) in [6, 6.07) is 1.37. The first kappa shape index (κ1) is 26.7. The molecule has 0 bridgehead atoms. The molecule has 8 atom stereocenters. The SMILES string of the molecule is Nc1ccn([C@@H]2O[C@H](CO)[C@@H](O)[C@H]2O)c(=O)n1.Nc1nc(F)nc2c1ncn2[C@@H]1O[C@H](CO)[C@@H](O)[C@@H]1O. The van der Waals surface area contributed by atoms with Crippen molar-refractivity contribution in [2.45, 2.75) is 49.1 Å². The van der Waals surface area contributed by atoms with Crippen molar-refractivity contribution in [2.24, 2.45) is 0 Å². The van der Waals surface area contributed by atoms with E-state index in [1.165, 1.54) is 23.2 Å². The van der Waals surface area contributed by atoms with Gasteiger partial charge in [-0.1, -0.05) is 0 Å². The van der Waals surface area contributed by atoms with Crippen molar-refractivity contribution in [3.63, 3.8) is 0 Å². The number of fused-ring (bicyclic) bond motifs is 1. The number of hydrogen-bond acceptors (Lipinski definition) is 15. The van der Waals surface area contributed by atoms with Crippen molar-refractivity contribution < 1.29 is 44.5 Å². The Morgan fingerprint density at radius 3 is 1.97 bits per heavy atom. The standard InChI is InChI=1S/C10H12FN5O4.C9H13N3O5/c11-10-14-7(12)4-8(15-10)16(2-13-4)9-6(19)5(18)3(1-17)20-9;10-5-1-2-12(9(16)11-5)8-7(15)6(14)4(3-13)17-8/h2-3,5-6,9,17-19H,1H2,(H2,12,14,15);1-2,4,6-8,13-15H,3H2,(H2,10,11,16)/t3-,5-,6+,9-;4-,6-,7-,8-/m11/s1. The van der Waals surface area contributed by atoms with Crippen LogP contribution in [-0.4, -0.2) is 110 Å². The number of imidazole rings is 1. The molecule has 0 aromatic carbocycles. The van der Waals surface area contributed by atoms with Crippen molar-refractivity contribution in [2.75, 3.05) is 24.7 Å². The lowest BCUT2D eigenvalue weighted by molar-refractivity contribution is -0.0549. The third-order valence-corrected chi connectivity index (χ3v) is 5.86. The van der Waals surface area contributed by atoms with Gasteiger partial charge in [-0.25, -0.2) is 9.78 Å². The van der Waals surface area contributed by atoms with Gasteiger partial charge in [0.1, 0.15) is 42.4 Å². The largest absolute Gasteiger partial charge is 0.394 e. The predicted molar refractivity (Wildman–Crippen MR) is 119 cm³/mol. The maximum atomic E-state index is 13.2. The summed E-state index contributed by atoms with van der Waals surface area (Å²) in [6.07, 6.45) is -7.65. The van der Waals surface area contributed by atoms with Gasteiger partial charge >= 0.3 is 11.8 Å². The number of halogens is 1. The number of hydrogen-bond donors (Lipinski definition) is 8. The predicted octanol–water partition coefficient (Wildman–Crippen LogP) is -4.40. The van der Waals surface area contributed by atoms with Crippen LogP contribution in [0.1, 0.15) is 12.5 Å². The van der Waals surface area contributed by atoms with E-state index in [0.29, 0.717) is 0 Å². The molecule has 10 N–H and O–H groups in total. The highest BCUT2D eigenvalue weighted by atomic mass is 19.1. The molecule has 18 heteroatoms. The van der Waals surface area contributed by atoms with Crippen LogP contribution in [0.15, 0.2) is 23.4 Å². The molecule has 0 unspecified atom stereocenters. The highest BCUT2D eigenvalue weighted by molar-refractivity contribution is 5.81. The third kappa shape index (κ3) is 4.95. The Morgan fingerprint density at radius 2 is 1.46 bits per heavy atom. The van der Waals surface area contributed by atoms with Gasteiger partial charge in [0, 0.05) is 6.20 Å². The van der Waals surface area contributed by atoms with E-state index in [1.54, 1.807) is 0 Å². The molecule has 0 amide bonds. The topological polar surface area (TPSA) is 270 Å². The molecular formula is C19H25FN8O9. The second-order valence-electron chi connectivity index (χ2n) is 8.20. The second kappa shape index (κ2) is 10.6. The minimum Gasteiger partial charge on any atom is -0.394 e. The molecule has 202 valence electrons. The Balaban J connectivity index is 0.000000176. The Bertz CT molecular complexity index is 1310. The van der Waals surface area contributed by atoms with Gasteiger partial charge in [0.25, 0.3) is 0 Å². The van der Waals surface area contributed by atoms with E-state index in [0.717, 1.165) is 4.57 Å². The minimum atomic E-state index is -1.32. The Kier molecular flexibility index (Phi) is 7.62. The van der Waals surface area contributed by atoms with Crippen LogP contribution in [0.2, 0.25) is 0 Å². The lowest BCUT2D eigenvalue weighted by atomic mass is 10.1. The summed E-state index contributed by atoms with van der Waals surface area (Å²) in [4.78, 5) is 25.8. The van der Waals surface area contributed by atoms with Crippen LogP contribution in [0.3, 0.4) is 0 Å². The highest BCUT2D eigenvalue weighted by Gasteiger charge is 2.45. The van der Waals surface area contributed by atoms with Crippen molar-refractivity contribution in [3.05, 3.63) is 35.2 Å². The minimum absolute atomic E-state index is 0.0323. The van der Waals surface area contributed by atoms with Gasteiger partial charge in [-0.2, -0.15) is 19.3 Å². The summed E-state index contributed by atoms with van der Waals surface area (Å²) in [5.41, 5.74) is 10.3. The molecule has 0 radical (unpaired) electrons. The first-order chi connectivity index (χ1) is 17.6. The maximum absolute atomic E-state index is 13.2. The number of aromatic nitrogens is 6. The first-order valence-electron chi connectivity index (χ1n) is 10.8. The number of aliphatic hydroxyl groups excluding tert-OH is 6. The van der Waals surface area contributed by atoms with Gasteiger partial charge in [-0.3, -0.25) is 9.13 Å². The number of aliphatic hydroxyl groups is 6. The van der Waals surface area contributed by atoms with Crippen LogP contribution >= 0.6 is 0 Å². The van der Waals surface area contributed by atoms with Gasteiger partial charge in [-0.15, -0.1) is 0 Å². The Labute approximate surface area is 206 Å². The zero-order chi connectivity index (χ0) is 27.0. The maximum Gasteiger partial charge on any atom is 0.351 e. The zero-order valence-corrected chi connectivity index (χ0v) is 18.9. The molecule has 0 spiro atoms. The molecule has 5 heterocycles. The van der Waals surface area contributed by atoms with Gasteiger partial charge in [0.15, 0.2) is 29.4 Å². The van der Waals surface area contributed by atoms with Gasteiger partial charge in [-0.05, 0) is 6.07 Å². The summed E-state index contributed by atoms with van der Waals surface area (Å²) in [6.45, 7) is -0.918. The number of nitrogens with zero attached hydrogens (tertiary/aromatic N) is 6. The van der Waals surface area contributed by atoms with Crippen LogP contribution in [0.4, 0.5) is 16.0 Å². The van der Waals surface area contributed by atoms with Crippen molar-refractivity contribution in [1.29, 1.82) is 0 Å². The molecule has 5 rings (SSSR count). The number of rotatable bonds is 4. The number of ether oxygens (including phenoxy) is 2. The highest BCUT2D eigenvalue weighted by Crippen LogP contribution is 2.32. The first-order valence-corrected chi connectivity index (χ1v) is 10.8. The van der Waals surface area contributed by atoms with Gasteiger partial charge in [0.05, 0.1) is 19.5 Å². The molecule has 3 aromatic rings. The number of nitrogen functional groups attached to an aromatic ring is 2. The molecular weight excluding hydrogens is 503 g/mol. The molecule has 2 fully saturated rings. The normalized spacial score (nSPS) is 31.4. The van der Waals surface area contributed by atoms with Crippen molar-refractivity contribution >= 4 is 22.8 Å². The van der Waals surface area contributed by atoms with Crippen LogP contribution < -0.4 is 17.2 Å². The summed E-state index contributed by atoms with van der Waals surface area (Å²) in [5, 5.41) is 56.8. The lowest BCUT2D eigenvalue weighted by Gasteiger charge is -2.16. The molecule has 2 aliphatic rings. The molecule has 17 nitrogen and oxygen atoms in total. The van der Waals surface area contributed by atoms with E-state index >= 15 is 0 Å². The second-order valence-corrected chi connectivity index (χ2v) is 8.20. The summed E-state index contributed by atoms with van der Waals surface area (Å²) < 4.78 is 26.0. The fourth-order valence-corrected chi connectivity index (χ4v) is 3.94.